The second-order valence-corrected chi connectivity index (χ2v) is 6.26. The zero-order valence-corrected chi connectivity index (χ0v) is 14.4. The van der Waals surface area contributed by atoms with Crippen LogP contribution < -0.4 is 0 Å². The van der Waals surface area contributed by atoms with Crippen LogP contribution in [0.1, 0.15) is 33.3 Å². The van der Waals surface area contributed by atoms with E-state index in [0.29, 0.717) is 0 Å². The first kappa shape index (κ1) is 19.5. The molecular weight excluding hydrogens is 312 g/mol. The molecule has 0 radical (unpaired) electrons. The third kappa shape index (κ3) is 5.95. The Hall–Kier alpha value is -2.50. The first-order valence-electron chi connectivity index (χ1n) is 7.79. The second kappa shape index (κ2) is 8.96. The molecule has 132 valence electrons. The summed E-state index contributed by atoms with van der Waals surface area (Å²) in [5.74, 6) is -2.23. The van der Waals surface area contributed by atoms with Gasteiger partial charge in [0, 0.05) is 5.56 Å². The molecule has 1 aromatic rings. The van der Waals surface area contributed by atoms with Gasteiger partial charge in [-0.05, 0) is 24.0 Å². The maximum Gasteiger partial charge on any atom is 0.345 e. The molecule has 0 saturated carbocycles. The van der Waals surface area contributed by atoms with Crippen LogP contribution in [0.25, 0.3) is 6.08 Å². The van der Waals surface area contributed by atoms with Crippen molar-refractivity contribution in [1.29, 1.82) is 0 Å². The third-order valence-corrected chi connectivity index (χ3v) is 2.88. The van der Waals surface area contributed by atoms with E-state index < -0.39 is 17.7 Å². The minimum Gasteiger partial charge on any atom is -0.504 e. The zero-order valence-electron chi connectivity index (χ0n) is 14.4. The first-order valence-corrected chi connectivity index (χ1v) is 7.79. The zero-order chi connectivity index (χ0) is 18.3. The van der Waals surface area contributed by atoms with Gasteiger partial charge in [-0.15, -0.1) is 0 Å². The highest BCUT2D eigenvalue weighted by atomic mass is 16.6. The maximum atomic E-state index is 12.2. The van der Waals surface area contributed by atoms with Crippen molar-refractivity contribution in [2.45, 2.75) is 27.7 Å². The number of hydrogen-bond donors (Lipinski definition) is 2. The summed E-state index contributed by atoms with van der Waals surface area (Å²) in [5.41, 5.74) is -0.217. The van der Waals surface area contributed by atoms with Crippen LogP contribution in [0.4, 0.5) is 0 Å². The molecule has 0 fully saturated rings. The van der Waals surface area contributed by atoms with Gasteiger partial charge in [-0.2, -0.15) is 0 Å². The fraction of sp³-hybridized carbons (Fsp3) is 0.444. The number of carbonyl (C=O) groups is 2. The number of benzene rings is 1. The summed E-state index contributed by atoms with van der Waals surface area (Å²) < 4.78 is 10.2. The molecule has 24 heavy (non-hydrogen) atoms. The van der Waals surface area contributed by atoms with Crippen molar-refractivity contribution in [2.24, 2.45) is 11.8 Å². The van der Waals surface area contributed by atoms with E-state index in [4.69, 9.17) is 9.47 Å². The van der Waals surface area contributed by atoms with Gasteiger partial charge in [0.25, 0.3) is 0 Å². The molecule has 0 saturated heterocycles. The van der Waals surface area contributed by atoms with Gasteiger partial charge in [0.15, 0.2) is 11.5 Å². The van der Waals surface area contributed by atoms with Gasteiger partial charge in [-0.1, -0.05) is 39.8 Å². The average Bonchev–Trinajstić information content (AvgIpc) is 2.51. The van der Waals surface area contributed by atoms with Crippen LogP contribution >= 0.6 is 0 Å². The monoisotopic (exact) mass is 336 g/mol. The fourth-order valence-electron chi connectivity index (χ4n) is 1.66. The van der Waals surface area contributed by atoms with Crippen LogP contribution in [0.3, 0.4) is 0 Å². The lowest BCUT2D eigenvalue weighted by Crippen LogP contribution is -2.21. The summed E-state index contributed by atoms with van der Waals surface area (Å²) in [6.45, 7) is 7.78. The lowest BCUT2D eigenvalue weighted by Gasteiger charge is -2.12. The Bertz CT molecular complexity index is 590. The van der Waals surface area contributed by atoms with Crippen molar-refractivity contribution < 1.29 is 29.3 Å². The summed E-state index contributed by atoms with van der Waals surface area (Å²) in [7, 11) is 0. The predicted molar refractivity (Wildman–Crippen MR) is 89.3 cm³/mol. The molecule has 0 spiro atoms. The van der Waals surface area contributed by atoms with E-state index in [1.54, 1.807) is 0 Å². The van der Waals surface area contributed by atoms with Crippen molar-refractivity contribution in [2.75, 3.05) is 13.2 Å². The lowest BCUT2D eigenvalue weighted by molar-refractivity contribution is -0.148. The van der Waals surface area contributed by atoms with Crippen molar-refractivity contribution in [3.8, 4) is 11.5 Å². The largest absolute Gasteiger partial charge is 0.504 e. The minimum absolute atomic E-state index is 0.107. The number of esters is 2. The van der Waals surface area contributed by atoms with Crippen LogP contribution in [-0.4, -0.2) is 35.4 Å². The molecule has 0 amide bonds. The highest BCUT2D eigenvalue weighted by molar-refractivity contribution is 6.17. The molecule has 0 unspecified atom stereocenters. The summed E-state index contributed by atoms with van der Waals surface area (Å²) in [5, 5.41) is 19.4. The molecule has 0 heterocycles. The average molecular weight is 336 g/mol. The molecule has 0 aromatic heterocycles. The SMILES string of the molecule is CC(C)COC(=O)C(=Cc1cccc(O)c1O)C(=O)OCC(C)C. The van der Waals surface area contributed by atoms with Gasteiger partial charge in [0.05, 0.1) is 13.2 Å². The summed E-state index contributed by atoms with van der Waals surface area (Å²) in [6, 6.07) is 4.23. The molecule has 1 rings (SSSR count). The Morgan fingerprint density at radius 2 is 1.50 bits per heavy atom. The van der Waals surface area contributed by atoms with Crippen LogP contribution in [0.15, 0.2) is 23.8 Å². The van der Waals surface area contributed by atoms with Crippen molar-refractivity contribution in [1.82, 2.24) is 0 Å². The number of para-hydroxylation sites is 1. The second-order valence-electron chi connectivity index (χ2n) is 6.26. The molecule has 6 nitrogen and oxygen atoms in total. The molecule has 0 atom stereocenters. The van der Waals surface area contributed by atoms with Crippen molar-refractivity contribution in [3.63, 3.8) is 0 Å². The third-order valence-electron chi connectivity index (χ3n) is 2.88. The van der Waals surface area contributed by atoms with Crippen LogP contribution in [0.2, 0.25) is 0 Å². The van der Waals surface area contributed by atoms with Gasteiger partial charge in [0.1, 0.15) is 5.57 Å². The Labute approximate surface area is 141 Å². The van der Waals surface area contributed by atoms with E-state index in [9.17, 15) is 19.8 Å². The fourth-order valence-corrected chi connectivity index (χ4v) is 1.66. The normalized spacial score (nSPS) is 10.6. The number of phenolic OH excluding ortho intramolecular Hbond substituents is 2. The van der Waals surface area contributed by atoms with Crippen LogP contribution in [0, 0.1) is 11.8 Å². The van der Waals surface area contributed by atoms with E-state index >= 15 is 0 Å². The van der Waals surface area contributed by atoms with E-state index in [1.807, 2.05) is 27.7 Å². The molecule has 1 aromatic carbocycles. The Morgan fingerprint density at radius 1 is 1.00 bits per heavy atom. The predicted octanol–water partition coefficient (Wildman–Crippen LogP) is 2.88. The standard InChI is InChI=1S/C18H24O6/c1-11(2)9-23-17(21)14(18(22)24-10-12(3)4)8-13-6-5-7-15(19)16(13)20/h5-8,11-12,19-20H,9-10H2,1-4H3. The molecule has 0 aliphatic rings. The summed E-state index contributed by atoms with van der Waals surface area (Å²) >= 11 is 0. The van der Waals surface area contributed by atoms with Gasteiger partial charge in [-0.3, -0.25) is 0 Å². The molecule has 6 heteroatoms. The van der Waals surface area contributed by atoms with Gasteiger partial charge in [-0.25, -0.2) is 9.59 Å². The minimum atomic E-state index is -0.833. The molecule has 0 aliphatic carbocycles. The van der Waals surface area contributed by atoms with Gasteiger partial charge >= 0.3 is 11.9 Å². The number of hydrogen-bond acceptors (Lipinski definition) is 6. The van der Waals surface area contributed by atoms with Crippen molar-refractivity contribution in [3.05, 3.63) is 29.3 Å². The highest BCUT2D eigenvalue weighted by Crippen LogP contribution is 2.30. The van der Waals surface area contributed by atoms with Gasteiger partial charge < -0.3 is 19.7 Å². The van der Waals surface area contributed by atoms with Crippen LogP contribution in [0.5, 0.6) is 11.5 Å². The number of rotatable bonds is 7. The Balaban J connectivity index is 3.11. The molecule has 0 bridgehead atoms. The summed E-state index contributed by atoms with van der Waals surface area (Å²) in [4.78, 5) is 24.4. The van der Waals surface area contributed by atoms with E-state index in [0.717, 1.165) is 6.08 Å². The van der Waals surface area contributed by atoms with E-state index in [-0.39, 0.29) is 41.9 Å². The summed E-state index contributed by atoms with van der Waals surface area (Å²) in [6.07, 6.45) is 1.15. The quantitative estimate of drug-likeness (QED) is 0.261. The lowest BCUT2D eigenvalue weighted by atomic mass is 10.1. The Morgan fingerprint density at radius 3 is 1.96 bits per heavy atom. The van der Waals surface area contributed by atoms with Crippen molar-refractivity contribution >= 4 is 18.0 Å². The highest BCUT2D eigenvalue weighted by Gasteiger charge is 2.23. The topological polar surface area (TPSA) is 93.1 Å². The maximum absolute atomic E-state index is 12.2. The first-order chi connectivity index (χ1) is 11.2. The Kier molecular flexibility index (Phi) is 7.30. The number of ether oxygens (including phenoxy) is 2. The number of aromatic hydroxyl groups is 2. The number of carbonyl (C=O) groups excluding carboxylic acids is 2. The molecule has 0 aliphatic heterocycles. The molecular formula is C18H24O6. The smallest absolute Gasteiger partial charge is 0.345 e. The van der Waals surface area contributed by atoms with Crippen LogP contribution in [-0.2, 0) is 19.1 Å². The number of phenols is 2. The molecule has 2 N–H and O–H groups in total. The van der Waals surface area contributed by atoms with E-state index in [1.165, 1.54) is 18.2 Å². The van der Waals surface area contributed by atoms with E-state index in [2.05, 4.69) is 0 Å². The van der Waals surface area contributed by atoms with Gasteiger partial charge in [0.2, 0.25) is 0 Å².